The largest absolute Gasteiger partial charge is 0.317 e. The number of carbonyl (C=O) groups excluding carboxylic acids is 1. The van der Waals surface area contributed by atoms with Crippen molar-refractivity contribution in [1.29, 1.82) is 0 Å². The first-order valence-electron chi connectivity index (χ1n) is 8.11. The molecule has 1 N–H and O–H groups in total. The van der Waals surface area contributed by atoms with Crippen molar-refractivity contribution in [3.8, 4) is 5.69 Å². The zero-order valence-electron chi connectivity index (χ0n) is 14.6. The van der Waals surface area contributed by atoms with E-state index in [9.17, 15) is 4.79 Å². The van der Waals surface area contributed by atoms with Gasteiger partial charge in [-0.15, -0.1) is 0 Å². The van der Waals surface area contributed by atoms with Gasteiger partial charge in [0.1, 0.15) is 0 Å². The van der Waals surface area contributed by atoms with Crippen LogP contribution in [0.3, 0.4) is 0 Å². The maximum atomic E-state index is 12.2. The summed E-state index contributed by atoms with van der Waals surface area (Å²) >= 11 is 9.29. The van der Waals surface area contributed by atoms with Crippen LogP contribution in [0.5, 0.6) is 0 Å². The van der Waals surface area contributed by atoms with Crippen molar-refractivity contribution >= 4 is 66.6 Å². The van der Waals surface area contributed by atoms with Crippen molar-refractivity contribution in [3.05, 3.63) is 83.6 Å². The van der Waals surface area contributed by atoms with Gasteiger partial charge in [-0.1, -0.05) is 22.0 Å². The van der Waals surface area contributed by atoms with Crippen LogP contribution in [0.1, 0.15) is 27.3 Å². The van der Waals surface area contributed by atoms with Crippen LogP contribution in [-0.2, 0) is 0 Å². The molecule has 27 heavy (non-hydrogen) atoms. The molecule has 0 radical (unpaired) electrons. The molecule has 0 spiro atoms. The lowest BCUT2D eigenvalue weighted by Crippen LogP contribution is -2.17. The van der Waals surface area contributed by atoms with Crippen LogP contribution in [0.15, 0.2) is 62.6 Å². The van der Waals surface area contributed by atoms with E-state index in [1.165, 1.54) is 0 Å². The molecule has 3 aromatic rings. The van der Waals surface area contributed by atoms with E-state index < -0.39 is 0 Å². The van der Waals surface area contributed by atoms with Crippen LogP contribution in [0.2, 0.25) is 0 Å². The van der Waals surface area contributed by atoms with Gasteiger partial charge < -0.3 is 4.57 Å². The Morgan fingerprint density at radius 1 is 1.11 bits per heavy atom. The molecule has 0 aliphatic carbocycles. The average molecular weight is 601 g/mol. The number of amides is 1. The molecule has 0 bridgehead atoms. The molecule has 1 amide bonds. The molecule has 0 saturated heterocycles. The number of carbonyl (C=O) groups is 1. The highest BCUT2D eigenvalue weighted by Gasteiger charge is 2.15. The molecule has 0 unspecified atom stereocenters. The zero-order chi connectivity index (χ0) is 19.6. The highest BCUT2D eigenvalue weighted by atomic mass is 127. The summed E-state index contributed by atoms with van der Waals surface area (Å²) in [6, 6.07) is 15.5. The summed E-state index contributed by atoms with van der Waals surface area (Å²) in [7, 11) is 0. The van der Waals surface area contributed by atoms with E-state index in [2.05, 4.69) is 81.7 Å². The number of benzene rings is 2. The predicted octanol–water partition coefficient (Wildman–Crippen LogP) is 5.99. The number of hydrogen-bond acceptors (Lipinski definition) is 2. The second kappa shape index (κ2) is 8.70. The molecule has 4 nitrogen and oxygen atoms in total. The molecular formula is C20H16Br2IN3O. The maximum absolute atomic E-state index is 12.2. The van der Waals surface area contributed by atoms with Gasteiger partial charge in [0.2, 0.25) is 0 Å². The summed E-state index contributed by atoms with van der Waals surface area (Å²) in [5.74, 6) is -0.234. The molecular weight excluding hydrogens is 585 g/mol. The highest BCUT2D eigenvalue weighted by Crippen LogP contribution is 2.29. The SMILES string of the molecule is Cc1c(Br)c(/C=N\NC(=O)c2cccc(I)c2)c(C)n1-c1ccc(Br)cc1. The molecule has 1 aromatic heterocycles. The Balaban J connectivity index is 1.85. The third-order valence-corrected chi connectivity index (χ3v) is 6.35. The van der Waals surface area contributed by atoms with Crippen LogP contribution in [0.25, 0.3) is 5.69 Å². The van der Waals surface area contributed by atoms with Gasteiger partial charge >= 0.3 is 0 Å². The van der Waals surface area contributed by atoms with Crippen molar-refractivity contribution in [1.82, 2.24) is 9.99 Å². The molecule has 138 valence electrons. The van der Waals surface area contributed by atoms with E-state index in [0.717, 1.165) is 35.2 Å². The van der Waals surface area contributed by atoms with Crippen LogP contribution in [-0.4, -0.2) is 16.7 Å². The number of nitrogens with zero attached hydrogens (tertiary/aromatic N) is 2. The van der Waals surface area contributed by atoms with Gasteiger partial charge in [-0.2, -0.15) is 5.10 Å². The topological polar surface area (TPSA) is 46.4 Å². The highest BCUT2D eigenvalue weighted by molar-refractivity contribution is 14.1. The fraction of sp³-hybridized carbons (Fsp3) is 0.100. The van der Waals surface area contributed by atoms with Gasteiger partial charge in [-0.3, -0.25) is 4.79 Å². The molecule has 2 aromatic carbocycles. The van der Waals surface area contributed by atoms with E-state index >= 15 is 0 Å². The zero-order valence-corrected chi connectivity index (χ0v) is 20.0. The fourth-order valence-electron chi connectivity index (χ4n) is 2.80. The second-order valence-electron chi connectivity index (χ2n) is 5.92. The van der Waals surface area contributed by atoms with Gasteiger partial charge in [0, 0.05) is 40.7 Å². The standard InChI is InChI=1S/C20H16Br2IN3O/c1-12-18(11-24-25-20(27)14-4-3-5-16(23)10-14)19(22)13(2)26(12)17-8-6-15(21)7-9-17/h3-11H,1-2H3,(H,25,27)/b24-11-. The number of hydrogen-bond donors (Lipinski definition) is 1. The summed E-state index contributed by atoms with van der Waals surface area (Å²) in [5, 5.41) is 4.15. The Morgan fingerprint density at radius 3 is 2.48 bits per heavy atom. The lowest BCUT2D eigenvalue weighted by atomic mass is 10.2. The van der Waals surface area contributed by atoms with Crippen LogP contribution in [0, 0.1) is 17.4 Å². The summed E-state index contributed by atoms with van der Waals surface area (Å²) in [6.45, 7) is 4.07. The van der Waals surface area contributed by atoms with Crippen molar-refractivity contribution in [2.45, 2.75) is 13.8 Å². The van der Waals surface area contributed by atoms with E-state index in [4.69, 9.17) is 0 Å². The van der Waals surface area contributed by atoms with Gasteiger partial charge in [-0.25, -0.2) is 5.43 Å². The fourth-order valence-corrected chi connectivity index (χ4v) is 4.18. The average Bonchev–Trinajstić information content (AvgIpc) is 2.86. The Bertz CT molecular complexity index is 1030. The second-order valence-corrected chi connectivity index (χ2v) is 8.87. The number of halogens is 3. The minimum Gasteiger partial charge on any atom is -0.317 e. The smallest absolute Gasteiger partial charge is 0.271 e. The Kier molecular flexibility index (Phi) is 6.54. The van der Waals surface area contributed by atoms with E-state index in [-0.39, 0.29) is 5.91 Å². The lowest BCUT2D eigenvalue weighted by Gasteiger charge is -2.09. The van der Waals surface area contributed by atoms with Crippen molar-refractivity contribution in [2.75, 3.05) is 0 Å². The summed E-state index contributed by atoms with van der Waals surface area (Å²) in [4.78, 5) is 12.2. The number of rotatable bonds is 4. The molecule has 0 aliphatic heterocycles. The van der Waals surface area contributed by atoms with Crippen molar-refractivity contribution in [2.24, 2.45) is 5.10 Å². The Labute approximate surface area is 188 Å². The van der Waals surface area contributed by atoms with Gasteiger partial charge in [0.05, 0.1) is 6.21 Å². The third-order valence-electron chi connectivity index (χ3n) is 4.15. The summed E-state index contributed by atoms with van der Waals surface area (Å²) in [5.41, 5.74) is 7.28. The van der Waals surface area contributed by atoms with Gasteiger partial charge in [0.25, 0.3) is 5.91 Å². The van der Waals surface area contributed by atoms with Crippen LogP contribution >= 0.6 is 54.5 Å². The molecule has 0 fully saturated rings. The van der Waals surface area contributed by atoms with E-state index in [0.29, 0.717) is 5.56 Å². The van der Waals surface area contributed by atoms with E-state index in [1.807, 2.05) is 44.2 Å². The molecule has 0 aliphatic rings. The minimum absolute atomic E-state index is 0.234. The maximum Gasteiger partial charge on any atom is 0.271 e. The van der Waals surface area contributed by atoms with Crippen LogP contribution < -0.4 is 5.43 Å². The first-order valence-corrected chi connectivity index (χ1v) is 10.8. The summed E-state index contributed by atoms with van der Waals surface area (Å²) in [6.07, 6.45) is 1.67. The first kappa shape index (κ1) is 20.3. The number of nitrogens with one attached hydrogen (secondary N) is 1. The normalized spacial score (nSPS) is 11.1. The minimum atomic E-state index is -0.234. The lowest BCUT2D eigenvalue weighted by molar-refractivity contribution is 0.0955. The van der Waals surface area contributed by atoms with E-state index in [1.54, 1.807) is 12.3 Å². The predicted molar refractivity (Wildman–Crippen MR) is 125 cm³/mol. The van der Waals surface area contributed by atoms with Crippen molar-refractivity contribution in [3.63, 3.8) is 0 Å². The third kappa shape index (κ3) is 4.52. The van der Waals surface area contributed by atoms with Crippen molar-refractivity contribution < 1.29 is 4.79 Å². The van der Waals surface area contributed by atoms with Gasteiger partial charge in [0.15, 0.2) is 0 Å². The Morgan fingerprint density at radius 2 is 1.81 bits per heavy atom. The quantitative estimate of drug-likeness (QED) is 0.223. The Hall–Kier alpha value is -1.45. The molecule has 1 heterocycles. The molecule has 7 heteroatoms. The summed E-state index contributed by atoms with van der Waals surface area (Å²) < 4.78 is 5.15. The van der Waals surface area contributed by atoms with Crippen LogP contribution in [0.4, 0.5) is 0 Å². The molecule has 0 atom stereocenters. The molecule has 0 saturated carbocycles. The number of aromatic nitrogens is 1. The monoisotopic (exact) mass is 599 g/mol. The first-order chi connectivity index (χ1) is 12.9. The molecule has 3 rings (SSSR count). The number of hydrazone groups is 1. The van der Waals surface area contributed by atoms with Gasteiger partial charge in [-0.05, 0) is 94.8 Å².